The lowest BCUT2D eigenvalue weighted by Gasteiger charge is -2.34. The van der Waals surface area contributed by atoms with Crippen LogP contribution in [0.3, 0.4) is 0 Å². The van der Waals surface area contributed by atoms with Gasteiger partial charge in [0.2, 0.25) is 11.8 Å². The van der Waals surface area contributed by atoms with E-state index in [9.17, 15) is 27.6 Å². The number of nitrogens with zero attached hydrogens (tertiary/aromatic N) is 2. The lowest BCUT2D eigenvalue weighted by atomic mass is 10.1. The Morgan fingerprint density at radius 1 is 1.03 bits per heavy atom. The predicted molar refractivity (Wildman–Crippen MR) is 120 cm³/mol. The molecule has 1 N–H and O–H groups in total. The van der Waals surface area contributed by atoms with Gasteiger partial charge in [-0.15, -0.1) is 11.3 Å². The van der Waals surface area contributed by atoms with Crippen molar-refractivity contribution in [2.75, 3.05) is 38.0 Å². The van der Waals surface area contributed by atoms with Crippen molar-refractivity contribution >= 4 is 34.6 Å². The summed E-state index contributed by atoms with van der Waals surface area (Å²) in [6.07, 6.45) is -4.28. The fraction of sp³-hybridized carbons (Fsp3) is 0.435. The van der Waals surface area contributed by atoms with Gasteiger partial charge in [-0.2, -0.15) is 13.2 Å². The lowest BCUT2D eigenvalue weighted by Crippen LogP contribution is -2.50. The third-order valence-corrected chi connectivity index (χ3v) is 6.47. The average Bonchev–Trinajstić information content (AvgIpc) is 3.10. The number of thiophene rings is 1. The Morgan fingerprint density at radius 2 is 1.70 bits per heavy atom. The molecule has 2 heterocycles. The van der Waals surface area contributed by atoms with E-state index in [1.165, 1.54) is 18.2 Å². The molecule has 0 radical (unpaired) electrons. The number of carbonyl (C=O) groups is 3. The number of rotatable bonds is 7. The van der Waals surface area contributed by atoms with Gasteiger partial charge < -0.3 is 10.2 Å². The van der Waals surface area contributed by atoms with Crippen LogP contribution in [-0.4, -0.2) is 60.1 Å². The van der Waals surface area contributed by atoms with Crippen LogP contribution in [0.15, 0.2) is 30.3 Å². The third-order valence-electron chi connectivity index (χ3n) is 5.51. The number of benzene rings is 1. The van der Waals surface area contributed by atoms with Gasteiger partial charge in [0, 0.05) is 54.3 Å². The van der Waals surface area contributed by atoms with Gasteiger partial charge in [0.25, 0.3) is 0 Å². The lowest BCUT2D eigenvalue weighted by molar-refractivity contribution is -0.137. The number of para-hydroxylation sites is 1. The molecule has 0 spiro atoms. The van der Waals surface area contributed by atoms with Gasteiger partial charge >= 0.3 is 6.18 Å². The second-order valence-electron chi connectivity index (χ2n) is 8.00. The number of ketones is 1. The number of Topliss-reactive ketones (excluding diaryl/α,β-unsaturated/α-hetero) is 1. The van der Waals surface area contributed by atoms with Gasteiger partial charge in [0.1, 0.15) is 0 Å². The molecule has 178 valence electrons. The van der Waals surface area contributed by atoms with Crippen molar-refractivity contribution in [1.29, 1.82) is 0 Å². The largest absolute Gasteiger partial charge is 0.418 e. The van der Waals surface area contributed by atoms with Crippen molar-refractivity contribution in [3.8, 4) is 0 Å². The minimum absolute atomic E-state index is 0.0420. The maximum Gasteiger partial charge on any atom is 0.418 e. The summed E-state index contributed by atoms with van der Waals surface area (Å²) in [6.45, 7) is 5.42. The van der Waals surface area contributed by atoms with Crippen LogP contribution in [0, 0.1) is 13.8 Å². The molecule has 33 heavy (non-hydrogen) atoms. The topological polar surface area (TPSA) is 69.7 Å². The number of amides is 2. The van der Waals surface area contributed by atoms with E-state index in [-0.39, 0.29) is 36.8 Å². The van der Waals surface area contributed by atoms with Crippen LogP contribution in [0.4, 0.5) is 18.9 Å². The molecule has 1 fully saturated rings. The van der Waals surface area contributed by atoms with Gasteiger partial charge in [-0.25, -0.2) is 0 Å². The quantitative estimate of drug-likeness (QED) is 0.604. The van der Waals surface area contributed by atoms with E-state index in [0.29, 0.717) is 31.7 Å². The third kappa shape index (κ3) is 6.64. The number of hydrogen-bond acceptors (Lipinski definition) is 5. The Kier molecular flexibility index (Phi) is 7.91. The summed E-state index contributed by atoms with van der Waals surface area (Å²) in [4.78, 5) is 42.6. The van der Waals surface area contributed by atoms with E-state index in [2.05, 4.69) is 5.32 Å². The second-order valence-corrected chi connectivity index (χ2v) is 9.46. The van der Waals surface area contributed by atoms with Crippen molar-refractivity contribution in [3.05, 3.63) is 51.2 Å². The van der Waals surface area contributed by atoms with Crippen LogP contribution in [0.25, 0.3) is 0 Å². The molecule has 0 bridgehead atoms. The van der Waals surface area contributed by atoms with Crippen LogP contribution < -0.4 is 5.32 Å². The molecule has 0 unspecified atom stereocenters. The molecule has 2 amide bonds. The summed E-state index contributed by atoms with van der Waals surface area (Å²) in [5, 5.41) is 2.34. The van der Waals surface area contributed by atoms with Crippen LogP contribution in [0.2, 0.25) is 0 Å². The summed E-state index contributed by atoms with van der Waals surface area (Å²) < 4.78 is 39.3. The van der Waals surface area contributed by atoms with Crippen LogP contribution in [0.5, 0.6) is 0 Å². The Labute approximate surface area is 194 Å². The number of nitrogens with one attached hydrogen (secondary N) is 1. The Morgan fingerprint density at radius 3 is 2.30 bits per heavy atom. The Balaban J connectivity index is 1.44. The highest BCUT2D eigenvalue weighted by atomic mass is 32.1. The van der Waals surface area contributed by atoms with Gasteiger partial charge in [0.05, 0.1) is 17.8 Å². The molecule has 1 aliphatic rings. The maximum absolute atomic E-state index is 13.1. The number of anilines is 1. The summed E-state index contributed by atoms with van der Waals surface area (Å²) in [6, 6.07) is 6.69. The molecule has 10 heteroatoms. The molecule has 1 aromatic heterocycles. The van der Waals surface area contributed by atoms with Crippen molar-refractivity contribution < 1.29 is 27.6 Å². The molecule has 0 atom stereocenters. The van der Waals surface area contributed by atoms with Crippen molar-refractivity contribution in [3.63, 3.8) is 0 Å². The first-order valence-electron chi connectivity index (χ1n) is 10.6. The number of halogens is 3. The minimum Gasteiger partial charge on any atom is -0.340 e. The fourth-order valence-electron chi connectivity index (χ4n) is 3.81. The normalized spacial score (nSPS) is 14.9. The number of piperazine rings is 1. The summed E-state index contributed by atoms with van der Waals surface area (Å²) in [5.74, 6) is -0.700. The molecule has 0 aliphatic carbocycles. The van der Waals surface area contributed by atoms with E-state index in [0.717, 1.165) is 15.8 Å². The first kappa shape index (κ1) is 24.9. The molecule has 1 aliphatic heterocycles. The smallest absolute Gasteiger partial charge is 0.340 e. The number of aryl methyl sites for hydroxylation is 2. The van der Waals surface area contributed by atoms with Crippen LogP contribution >= 0.6 is 11.3 Å². The zero-order valence-corrected chi connectivity index (χ0v) is 19.3. The molecule has 2 aromatic rings. The zero-order valence-electron chi connectivity index (χ0n) is 18.5. The van der Waals surface area contributed by atoms with Gasteiger partial charge in [-0.05, 0) is 32.0 Å². The highest BCUT2D eigenvalue weighted by molar-refractivity contribution is 7.12. The minimum atomic E-state index is -4.56. The summed E-state index contributed by atoms with van der Waals surface area (Å²) in [5.41, 5.74) is -0.492. The highest BCUT2D eigenvalue weighted by Crippen LogP contribution is 2.34. The SMILES string of the molecule is Cc1cc(C(=O)CCC(=O)N2CCN(CC(=O)Nc3ccccc3C(F)(F)F)CC2)c(C)s1. The first-order chi connectivity index (χ1) is 15.5. The zero-order chi connectivity index (χ0) is 24.2. The van der Waals surface area contributed by atoms with Crippen molar-refractivity contribution in [2.45, 2.75) is 32.9 Å². The highest BCUT2D eigenvalue weighted by Gasteiger charge is 2.33. The first-order valence-corrected chi connectivity index (χ1v) is 11.4. The molecule has 1 aromatic carbocycles. The number of alkyl halides is 3. The standard InChI is InChI=1S/C23H26F3N3O3S/c1-15-13-17(16(2)33-15)20(30)7-8-22(32)29-11-9-28(10-12-29)14-21(31)27-19-6-4-3-5-18(19)23(24,25)26/h3-6,13H,7-12,14H2,1-2H3,(H,27,31). The maximum atomic E-state index is 13.1. The Hall–Kier alpha value is -2.72. The molecule has 6 nitrogen and oxygen atoms in total. The van der Waals surface area contributed by atoms with Gasteiger partial charge in [-0.1, -0.05) is 12.1 Å². The summed E-state index contributed by atoms with van der Waals surface area (Å²) in [7, 11) is 0. The van der Waals surface area contributed by atoms with Crippen molar-refractivity contribution in [2.24, 2.45) is 0 Å². The van der Waals surface area contributed by atoms with E-state index < -0.39 is 17.6 Å². The predicted octanol–water partition coefficient (Wildman–Crippen LogP) is 4.13. The van der Waals surface area contributed by atoms with E-state index >= 15 is 0 Å². The van der Waals surface area contributed by atoms with Gasteiger partial charge in [-0.3, -0.25) is 19.3 Å². The average molecular weight is 482 g/mol. The Bertz CT molecular complexity index is 1030. The van der Waals surface area contributed by atoms with E-state index in [4.69, 9.17) is 0 Å². The molecular weight excluding hydrogens is 455 g/mol. The second kappa shape index (κ2) is 10.5. The summed E-state index contributed by atoms with van der Waals surface area (Å²) >= 11 is 1.56. The molecule has 1 saturated heterocycles. The fourth-order valence-corrected chi connectivity index (χ4v) is 4.75. The van der Waals surface area contributed by atoms with Crippen LogP contribution in [0.1, 0.15) is 38.5 Å². The van der Waals surface area contributed by atoms with Crippen molar-refractivity contribution in [1.82, 2.24) is 9.80 Å². The number of carbonyl (C=O) groups excluding carboxylic acids is 3. The monoisotopic (exact) mass is 481 g/mol. The van der Waals surface area contributed by atoms with E-state index in [1.54, 1.807) is 21.1 Å². The number of hydrogen-bond donors (Lipinski definition) is 1. The van der Waals surface area contributed by atoms with E-state index in [1.807, 2.05) is 19.9 Å². The van der Waals surface area contributed by atoms with Gasteiger partial charge in [0.15, 0.2) is 5.78 Å². The molecule has 3 rings (SSSR count). The van der Waals surface area contributed by atoms with Crippen LogP contribution in [-0.2, 0) is 15.8 Å². The molecular formula is C23H26F3N3O3S. The molecule has 0 saturated carbocycles.